The Kier molecular flexibility index (Phi) is 6.11. The van der Waals surface area contributed by atoms with E-state index in [0.29, 0.717) is 18.2 Å². The van der Waals surface area contributed by atoms with Gasteiger partial charge >= 0.3 is 0 Å². The first-order valence-electron chi connectivity index (χ1n) is 11.4. The summed E-state index contributed by atoms with van der Waals surface area (Å²) in [4.78, 5) is 15.7. The molecule has 1 amide bonds. The Bertz CT molecular complexity index is 1080. The third-order valence-electron chi connectivity index (χ3n) is 6.45. The zero-order chi connectivity index (χ0) is 22.1. The summed E-state index contributed by atoms with van der Waals surface area (Å²) >= 11 is 3.48. The third-order valence-corrected chi connectivity index (χ3v) is 6.98. The predicted octanol–water partition coefficient (Wildman–Crippen LogP) is 4.78. The van der Waals surface area contributed by atoms with Crippen molar-refractivity contribution in [2.45, 2.75) is 44.6 Å². The Morgan fingerprint density at radius 1 is 1.09 bits per heavy atom. The topological polar surface area (TPSA) is 63.1 Å². The molecular formula is C25H28BrN5O. The van der Waals surface area contributed by atoms with Crippen molar-refractivity contribution in [3.8, 4) is 5.69 Å². The van der Waals surface area contributed by atoms with Gasteiger partial charge in [0.2, 0.25) is 0 Å². The lowest BCUT2D eigenvalue weighted by Crippen LogP contribution is -2.37. The van der Waals surface area contributed by atoms with Gasteiger partial charge in [0.05, 0.1) is 17.4 Å². The molecule has 2 aromatic carbocycles. The molecule has 166 valence electrons. The van der Waals surface area contributed by atoms with E-state index in [1.165, 1.54) is 24.0 Å². The fraction of sp³-hybridized carbons (Fsp3) is 0.400. The molecule has 1 aliphatic heterocycles. The van der Waals surface area contributed by atoms with E-state index in [4.69, 9.17) is 0 Å². The zero-order valence-electron chi connectivity index (χ0n) is 18.3. The molecule has 1 N–H and O–H groups in total. The summed E-state index contributed by atoms with van der Waals surface area (Å²) in [5, 5.41) is 11.8. The standard InChI is InChI=1S/C25H28BrN5O/c1-17-4-6-18(7-5-17)22(30-14-2-3-15-30)16-27-25(32)23-24(19-8-9-19)31(29-28-23)21-12-10-20(26)11-13-21/h4-7,10-13,19,22H,2-3,8-9,14-16H2,1H3,(H,27,32). The number of nitrogens with zero attached hydrogens (tertiary/aromatic N) is 4. The van der Waals surface area contributed by atoms with E-state index in [0.717, 1.165) is 41.8 Å². The van der Waals surface area contributed by atoms with Crippen LogP contribution in [0.5, 0.6) is 0 Å². The molecule has 1 atom stereocenters. The van der Waals surface area contributed by atoms with Gasteiger partial charge in [-0.25, -0.2) is 4.68 Å². The van der Waals surface area contributed by atoms with E-state index in [1.54, 1.807) is 0 Å². The number of amides is 1. The number of halogens is 1. The van der Waals surface area contributed by atoms with Crippen molar-refractivity contribution in [2.75, 3.05) is 19.6 Å². The molecule has 2 aliphatic rings. The van der Waals surface area contributed by atoms with E-state index in [-0.39, 0.29) is 11.9 Å². The van der Waals surface area contributed by atoms with Gasteiger partial charge in [-0.1, -0.05) is 51.0 Å². The molecule has 1 aromatic heterocycles. The SMILES string of the molecule is Cc1ccc(C(CNC(=O)c2nnn(-c3ccc(Br)cc3)c2C2CC2)N2CCCC2)cc1. The highest BCUT2D eigenvalue weighted by Crippen LogP contribution is 2.42. The van der Waals surface area contributed by atoms with Crippen molar-refractivity contribution in [1.82, 2.24) is 25.2 Å². The van der Waals surface area contributed by atoms with Crippen LogP contribution in [0.1, 0.15) is 65.0 Å². The Labute approximate surface area is 197 Å². The van der Waals surface area contributed by atoms with E-state index in [1.807, 2.05) is 28.9 Å². The minimum atomic E-state index is -0.133. The van der Waals surface area contributed by atoms with Crippen molar-refractivity contribution < 1.29 is 4.79 Å². The molecule has 0 spiro atoms. The van der Waals surface area contributed by atoms with E-state index >= 15 is 0 Å². The van der Waals surface area contributed by atoms with Gasteiger partial charge in [-0.15, -0.1) is 5.10 Å². The molecule has 6 nitrogen and oxygen atoms in total. The average molecular weight is 494 g/mol. The van der Waals surface area contributed by atoms with Crippen LogP contribution >= 0.6 is 15.9 Å². The van der Waals surface area contributed by atoms with Crippen LogP contribution in [0.2, 0.25) is 0 Å². The van der Waals surface area contributed by atoms with Crippen LogP contribution in [0.25, 0.3) is 5.69 Å². The van der Waals surface area contributed by atoms with Gasteiger partial charge < -0.3 is 5.32 Å². The summed E-state index contributed by atoms with van der Waals surface area (Å²) in [6, 6.07) is 16.8. The highest BCUT2D eigenvalue weighted by Gasteiger charge is 2.34. The largest absolute Gasteiger partial charge is 0.349 e. The molecule has 0 bridgehead atoms. The second kappa shape index (κ2) is 9.16. The lowest BCUT2D eigenvalue weighted by molar-refractivity contribution is 0.0931. The van der Waals surface area contributed by atoms with E-state index < -0.39 is 0 Å². The number of aryl methyl sites for hydroxylation is 1. The van der Waals surface area contributed by atoms with Crippen LogP contribution in [0.4, 0.5) is 0 Å². The van der Waals surface area contributed by atoms with Gasteiger partial charge in [-0.3, -0.25) is 9.69 Å². The predicted molar refractivity (Wildman–Crippen MR) is 128 cm³/mol. The summed E-state index contributed by atoms with van der Waals surface area (Å²) in [6.45, 7) is 4.81. The lowest BCUT2D eigenvalue weighted by Gasteiger charge is -2.28. The molecule has 3 aromatic rings. The van der Waals surface area contributed by atoms with Crippen LogP contribution in [0.3, 0.4) is 0 Å². The summed E-state index contributed by atoms with van der Waals surface area (Å²) < 4.78 is 2.84. The highest BCUT2D eigenvalue weighted by molar-refractivity contribution is 9.10. The smallest absolute Gasteiger partial charge is 0.273 e. The van der Waals surface area contributed by atoms with Gasteiger partial charge in [-0.2, -0.15) is 0 Å². The fourth-order valence-corrected chi connectivity index (χ4v) is 4.78. The van der Waals surface area contributed by atoms with Crippen LogP contribution in [-0.4, -0.2) is 45.4 Å². The molecule has 1 aliphatic carbocycles. The molecule has 0 radical (unpaired) electrons. The Morgan fingerprint density at radius 2 is 1.78 bits per heavy atom. The minimum absolute atomic E-state index is 0.133. The second-order valence-corrected chi connectivity index (χ2v) is 9.78. The summed E-state index contributed by atoms with van der Waals surface area (Å²) in [6.07, 6.45) is 4.57. The number of hydrogen-bond donors (Lipinski definition) is 1. The molecular weight excluding hydrogens is 466 g/mol. The Hall–Kier alpha value is -2.51. The molecule has 2 fully saturated rings. The van der Waals surface area contributed by atoms with Crippen LogP contribution in [-0.2, 0) is 0 Å². The monoisotopic (exact) mass is 493 g/mol. The first-order chi connectivity index (χ1) is 15.6. The van der Waals surface area contributed by atoms with Gasteiger partial charge in [0.1, 0.15) is 0 Å². The maximum Gasteiger partial charge on any atom is 0.273 e. The number of benzene rings is 2. The van der Waals surface area contributed by atoms with E-state index in [2.05, 4.69) is 67.6 Å². The maximum atomic E-state index is 13.2. The molecule has 1 unspecified atom stereocenters. The molecule has 5 rings (SSSR count). The van der Waals surface area contributed by atoms with Gasteiger partial charge in [0.25, 0.3) is 5.91 Å². The van der Waals surface area contributed by atoms with Crippen LogP contribution in [0, 0.1) is 6.92 Å². The van der Waals surface area contributed by atoms with Gasteiger partial charge in [-0.05, 0) is 75.5 Å². The summed E-state index contributed by atoms with van der Waals surface area (Å²) in [7, 11) is 0. The average Bonchev–Trinajstić information content (AvgIpc) is 3.31. The van der Waals surface area contributed by atoms with Crippen molar-refractivity contribution >= 4 is 21.8 Å². The normalized spacial score (nSPS) is 17.4. The summed E-state index contributed by atoms with van der Waals surface area (Å²) in [5.41, 5.74) is 4.81. The molecule has 7 heteroatoms. The summed E-state index contributed by atoms with van der Waals surface area (Å²) in [5.74, 6) is 0.215. The van der Waals surface area contributed by atoms with Crippen molar-refractivity contribution in [2.24, 2.45) is 0 Å². The quantitative estimate of drug-likeness (QED) is 0.514. The van der Waals surface area contributed by atoms with Gasteiger partial charge in [0, 0.05) is 16.9 Å². The maximum absolute atomic E-state index is 13.2. The molecule has 2 heterocycles. The number of rotatable bonds is 7. The van der Waals surface area contributed by atoms with Crippen molar-refractivity contribution in [3.05, 3.63) is 75.5 Å². The van der Waals surface area contributed by atoms with Crippen molar-refractivity contribution in [3.63, 3.8) is 0 Å². The first-order valence-corrected chi connectivity index (χ1v) is 12.2. The number of aromatic nitrogens is 3. The number of likely N-dealkylation sites (tertiary alicyclic amines) is 1. The van der Waals surface area contributed by atoms with Crippen LogP contribution in [0.15, 0.2) is 53.0 Å². The Morgan fingerprint density at radius 3 is 2.44 bits per heavy atom. The number of carbonyl (C=O) groups is 1. The fourth-order valence-electron chi connectivity index (χ4n) is 4.52. The number of hydrogen-bond acceptors (Lipinski definition) is 4. The third kappa shape index (κ3) is 4.50. The minimum Gasteiger partial charge on any atom is -0.349 e. The Balaban J connectivity index is 1.37. The van der Waals surface area contributed by atoms with E-state index in [9.17, 15) is 4.79 Å². The molecule has 1 saturated heterocycles. The van der Waals surface area contributed by atoms with Crippen molar-refractivity contribution in [1.29, 1.82) is 0 Å². The van der Waals surface area contributed by atoms with Crippen LogP contribution < -0.4 is 5.32 Å². The highest BCUT2D eigenvalue weighted by atomic mass is 79.9. The van der Waals surface area contributed by atoms with Gasteiger partial charge in [0.15, 0.2) is 5.69 Å². The number of carbonyl (C=O) groups excluding carboxylic acids is 1. The number of nitrogens with one attached hydrogen (secondary N) is 1. The first kappa shape index (κ1) is 21.3. The zero-order valence-corrected chi connectivity index (χ0v) is 19.9. The second-order valence-electron chi connectivity index (χ2n) is 8.87. The lowest BCUT2D eigenvalue weighted by atomic mass is 10.0. The molecule has 32 heavy (non-hydrogen) atoms. The molecule has 1 saturated carbocycles.